The van der Waals surface area contributed by atoms with Gasteiger partial charge in [-0.2, -0.15) is 4.74 Å². The molecular formula is C17H16BrNO4. The van der Waals surface area contributed by atoms with Gasteiger partial charge in [0, 0.05) is 16.6 Å². The minimum atomic E-state index is -0.928. The molecule has 0 aliphatic carbocycles. The lowest BCUT2D eigenvalue weighted by Crippen LogP contribution is -2.34. The van der Waals surface area contributed by atoms with Crippen molar-refractivity contribution >= 4 is 27.3 Å². The molecule has 2 aromatic rings. The minimum Gasteiger partial charge on any atom is -0.618 e. The normalized spacial score (nSPS) is 22.9. The first-order chi connectivity index (χ1) is 11.0. The molecule has 0 spiro atoms. The van der Waals surface area contributed by atoms with Gasteiger partial charge in [0.25, 0.3) is 0 Å². The highest BCUT2D eigenvalue weighted by Gasteiger charge is 2.47. The fraction of sp³-hybridized carbons (Fsp3) is 0.235. The first kappa shape index (κ1) is 16.0. The largest absolute Gasteiger partial charge is 0.618 e. The molecule has 1 unspecified atom stereocenters. The predicted molar refractivity (Wildman–Crippen MR) is 89.8 cm³/mol. The Morgan fingerprint density at radius 3 is 2.39 bits per heavy atom. The summed E-state index contributed by atoms with van der Waals surface area (Å²) in [5, 5.41) is 12.8. The van der Waals surface area contributed by atoms with Gasteiger partial charge in [0.15, 0.2) is 6.61 Å². The van der Waals surface area contributed by atoms with E-state index < -0.39 is 5.60 Å². The SMILES string of the molecule is COc1ccc(/[N+]([O-])=C2\COOC2(C)c2ccc(Br)cc2)cc1. The summed E-state index contributed by atoms with van der Waals surface area (Å²) in [5.41, 5.74) is 0.910. The first-order valence-electron chi connectivity index (χ1n) is 7.09. The summed E-state index contributed by atoms with van der Waals surface area (Å²) in [6.45, 7) is 1.94. The lowest BCUT2D eigenvalue weighted by Gasteiger charge is -2.21. The van der Waals surface area contributed by atoms with Gasteiger partial charge in [-0.15, -0.1) is 0 Å². The van der Waals surface area contributed by atoms with E-state index in [1.807, 2.05) is 31.2 Å². The average Bonchev–Trinajstić information content (AvgIpc) is 2.97. The Balaban J connectivity index is 2.03. The molecule has 0 N–H and O–H groups in total. The number of halogens is 1. The Morgan fingerprint density at radius 1 is 1.13 bits per heavy atom. The van der Waals surface area contributed by atoms with Crippen LogP contribution in [-0.4, -0.2) is 24.2 Å². The number of benzene rings is 2. The fourth-order valence-corrected chi connectivity index (χ4v) is 2.76. The average molecular weight is 378 g/mol. The van der Waals surface area contributed by atoms with Gasteiger partial charge in [-0.3, -0.25) is 0 Å². The van der Waals surface area contributed by atoms with Crippen LogP contribution < -0.4 is 4.74 Å². The van der Waals surface area contributed by atoms with Crippen LogP contribution in [-0.2, 0) is 15.4 Å². The van der Waals surface area contributed by atoms with Crippen LogP contribution in [0.4, 0.5) is 5.69 Å². The second-order valence-electron chi connectivity index (χ2n) is 5.32. The molecule has 120 valence electrons. The second-order valence-corrected chi connectivity index (χ2v) is 6.24. The van der Waals surface area contributed by atoms with Crippen molar-refractivity contribution in [2.45, 2.75) is 12.5 Å². The number of nitrogens with zero attached hydrogens (tertiary/aromatic N) is 1. The maximum absolute atomic E-state index is 12.8. The Bertz CT molecular complexity index is 727. The van der Waals surface area contributed by atoms with Crippen LogP contribution in [0.1, 0.15) is 12.5 Å². The fourth-order valence-electron chi connectivity index (χ4n) is 2.50. The van der Waals surface area contributed by atoms with Gasteiger partial charge in [-0.05, 0) is 36.8 Å². The Morgan fingerprint density at radius 2 is 1.78 bits per heavy atom. The standard InChI is InChI=1S/C17H16BrNO4/c1-17(12-3-5-13(18)6-4-12)16(11-22-23-17)19(20)14-7-9-15(21-2)10-8-14/h3-10H,11H2,1-2H3/b19-16-. The topological polar surface area (TPSA) is 53.8 Å². The molecule has 0 amide bonds. The number of hydrogen-bond acceptors (Lipinski definition) is 4. The van der Waals surface area contributed by atoms with Crippen LogP contribution in [0.3, 0.4) is 0 Å². The maximum atomic E-state index is 12.8. The lowest BCUT2D eigenvalue weighted by molar-refractivity contribution is -0.368. The van der Waals surface area contributed by atoms with Gasteiger partial charge in [0.1, 0.15) is 5.75 Å². The zero-order valence-electron chi connectivity index (χ0n) is 12.8. The van der Waals surface area contributed by atoms with E-state index in [1.165, 1.54) is 0 Å². The van der Waals surface area contributed by atoms with Crippen LogP contribution in [0.25, 0.3) is 0 Å². The van der Waals surface area contributed by atoms with Crippen LogP contribution in [0.15, 0.2) is 53.0 Å². The molecule has 23 heavy (non-hydrogen) atoms. The van der Waals surface area contributed by atoms with Crippen molar-refractivity contribution in [2.24, 2.45) is 0 Å². The van der Waals surface area contributed by atoms with Crippen molar-refractivity contribution in [3.63, 3.8) is 0 Å². The molecule has 1 heterocycles. The molecule has 2 aromatic carbocycles. The molecule has 1 fully saturated rings. The molecule has 5 nitrogen and oxygen atoms in total. The first-order valence-corrected chi connectivity index (χ1v) is 7.88. The molecular weight excluding hydrogens is 362 g/mol. The summed E-state index contributed by atoms with van der Waals surface area (Å²) in [6, 6.07) is 14.5. The highest BCUT2D eigenvalue weighted by molar-refractivity contribution is 9.10. The molecule has 1 atom stereocenters. The maximum Gasteiger partial charge on any atom is 0.238 e. The van der Waals surface area contributed by atoms with E-state index in [0.717, 1.165) is 14.8 Å². The molecule has 3 rings (SSSR count). The molecule has 0 bridgehead atoms. The van der Waals surface area contributed by atoms with Crippen LogP contribution >= 0.6 is 15.9 Å². The van der Waals surface area contributed by atoms with Gasteiger partial charge in [0.05, 0.1) is 7.11 Å². The highest BCUT2D eigenvalue weighted by Crippen LogP contribution is 2.34. The van der Waals surface area contributed by atoms with E-state index in [-0.39, 0.29) is 6.61 Å². The van der Waals surface area contributed by atoms with E-state index in [0.29, 0.717) is 17.1 Å². The molecule has 0 aromatic heterocycles. The number of rotatable bonds is 3. The summed E-state index contributed by atoms with van der Waals surface area (Å²) >= 11 is 3.40. The lowest BCUT2D eigenvalue weighted by atomic mass is 9.91. The highest BCUT2D eigenvalue weighted by atomic mass is 79.9. The number of methoxy groups -OCH3 is 1. The van der Waals surface area contributed by atoms with Crippen LogP contribution in [0.5, 0.6) is 5.75 Å². The van der Waals surface area contributed by atoms with Gasteiger partial charge >= 0.3 is 0 Å². The summed E-state index contributed by atoms with van der Waals surface area (Å²) in [5.74, 6) is 0.696. The number of ether oxygens (including phenoxy) is 1. The zero-order chi connectivity index (χ0) is 16.4. The van der Waals surface area contributed by atoms with Crippen LogP contribution in [0.2, 0.25) is 0 Å². The van der Waals surface area contributed by atoms with Crippen molar-refractivity contribution in [1.29, 1.82) is 0 Å². The smallest absolute Gasteiger partial charge is 0.238 e. The van der Waals surface area contributed by atoms with Crippen molar-refractivity contribution in [3.05, 3.63) is 63.8 Å². The predicted octanol–water partition coefficient (Wildman–Crippen LogP) is 3.92. The summed E-state index contributed by atoms with van der Waals surface area (Å²) in [6.07, 6.45) is 0. The molecule has 6 heteroatoms. The molecule has 0 radical (unpaired) electrons. The third kappa shape index (κ3) is 2.97. The minimum absolute atomic E-state index is 0.113. The summed E-state index contributed by atoms with van der Waals surface area (Å²) in [4.78, 5) is 10.6. The molecule has 1 aliphatic heterocycles. The third-order valence-electron chi connectivity index (χ3n) is 3.92. The molecule has 1 saturated heterocycles. The Kier molecular flexibility index (Phi) is 4.39. The van der Waals surface area contributed by atoms with E-state index in [9.17, 15) is 5.21 Å². The number of hydrogen-bond donors (Lipinski definition) is 0. The van der Waals surface area contributed by atoms with Gasteiger partial charge < -0.3 is 9.94 Å². The third-order valence-corrected chi connectivity index (χ3v) is 4.45. The van der Waals surface area contributed by atoms with Crippen molar-refractivity contribution in [2.75, 3.05) is 13.7 Å². The van der Waals surface area contributed by atoms with E-state index in [1.54, 1.807) is 31.4 Å². The van der Waals surface area contributed by atoms with Crippen molar-refractivity contribution < 1.29 is 19.3 Å². The van der Waals surface area contributed by atoms with E-state index in [4.69, 9.17) is 14.5 Å². The zero-order valence-corrected chi connectivity index (χ0v) is 14.4. The van der Waals surface area contributed by atoms with Crippen molar-refractivity contribution in [1.82, 2.24) is 0 Å². The van der Waals surface area contributed by atoms with E-state index >= 15 is 0 Å². The molecule has 0 saturated carbocycles. The van der Waals surface area contributed by atoms with E-state index in [2.05, 4.69) is 15.9 Å². The second kappa shape index (κ2) is 6.31. The van der Waals surface area contributed by atoms with Gasteiger partial charge in [-0.25, -0.2) is 9.78 Å². The van der Waals surface area contributed by atoms with Gasteiger partial charge in [-0.1, -0.05) is 28.1 Å². The Labute approximate surface area is 142 Å². The monoisotopic (exact) mass is 377 g/mol. The Hall–Kier alpha value is -1.89. The molecule has 1 aliphatic rings. The van der Waals surface area contributed by atoms with Crippen molar-refractivity contribution in [3.8, 4) is 5.75 Å². The summed E-state index contributed by atoms with van der Waals surface area (Å²) in [7, 11) is 1.59. The van der Waals surface area contributed by atoms with Crippen LogP contribution in [0, 0.1) is 5.21 Å². The quantitative estimate of drug-likeness (QED) is 0.352. The van der Waals surface area contributed by atoms with Gasteiger partial charge in [0.2, 0.25) is 17.0 Å². The summed E-state index contributed by atoms with van der Waals surface area (Å²) < 4.78 is 6.93.